The molecule has 1 unspecified atom stereocenters. The summed E-state index contributed by atoms with van der Waals surface area (Å²) in [6.07, 6.45) is 3.25. The highest BCUT2D eigenvalue weighted by atomic mass is 16.5. The number of ether oxygens (including phenoxy) is 1. The average molecular weight is 450 g/mol. The second-order valence-electron chi connectivity index (χ2n) is 7.83. The topological polar surface area (TPSA) is 92.3 Å². The highest BCUT2D eigenvalue weighted by Crippen LogP contribution is 2.25. The highest BCUT2D eigenvalue weighted by molar-refractivity contribution is 5.83. The molecule has 0 saturated heterocycles. The van der Waals surface area contributed by atoms with E-state index in [1.165, 1.54) is 0 Å². The number of aliphatic carboxylic acids is 1. The SMILES string of the molecule is N#Cc1ccc(-c2ccc(-n3ccc(C(CC(=O)OCc4ccccc4)C(=O)O)c3)cc2)cc1. The number of nitrogens with zero attached hydrogens (tertiary/aromatic N) is 2. The number of hydrogen-bond acceptors (Lipinski definition) is 4. The minimum Gasteiger partial charge on any atom is -0.481 e. The van der Waals surface area contributed by atoms with E-state index in [2.05, 4.69) is 6.07 Å². The number of aromatic nitrogens is 1. The molecule has 0 fully saturated rings. The number of nitriles is 1. The Hall–Kier alpha value is -4.63. The predicted octanol–water partition coefficient (Wildman–Crippen LogP) is 5.32. The lowest BCUT2D eigenvalue weighted by Crippen LogP contribution is -2.17. The van der Waals surface area contributed by atoms with Crippen LogP contribution in [0, 0.1) is 11.3 Å². The molecule has 1 atom stereocenters. The molecule has 0 aliphatic heterocycles. The van der Waals surface area contributed by atoms with Crippen LogP contribution in [0.5, 0.6) is 0 Å². The molecule has 1 N–H and O–H groups in total. The lowest BCUT2D eigenvalue weighted by molar-refractivity contribution is -0.150. The number of carboxylic acids is 1. The van der Waals surface area contributed by atoms with E-state index in [1.807, 2.05) is 71.3 Å². The molecule has 0 amide bonds. The van der Waals surface area contributed by atoms with Gasteiger partial charge in [-0.1, -0.05) is 54.6 Å². The molecule has 0 bridgehead atoms. The van der Waals surface area contributed by atoms with E-state index in [4.69, 9.17) is 10.00 Å². The maximum Gasteiger partial charge on any atom is 0.311 e. The summed E-state index contributed by atoms with van der Waals surface area (Å²) in [7, 11) is 0. The van der Waals surface area contributed by atoms with Crippen molar-refractivity contribution in [1.82, 2.24) is 4.57 Å². The lowest BCUT2D eigenvalue weighted by atomic mass is 9.99. The van der Waals surface area contributed by atoms with Gasteiger partial charge < -0.3 is 14.4 Å². The highest BCUT2D eigenvalue weighted by Gasteiger charge is 2.25. The molecule has 1 aromatic heterocycles. The zero-order valence-electron chi connectivity index (χ0n) is 18.3. The van der Waals surface area contributed by atoms with Crippen molar-refractivity contribution in [3.63, 3.8) is 0 Å². The number of carbonyl (C=O) groups excluding carboxylic acids is 1. The van der Waals surface area contributed by atoms with Crippen molar-refractivity contribution in [3.05, 3.63) is 114 Å². The zero-order chi connectivity index (χ0) is 23.9. The largest absolute Gasteiger partial charge is 0.481 e. The van der Waals surface area contributed by atoms with Crippen LogP contribution in [0.1, 0.15) is 29.0 Å². The Morgan fingerprint density at radius 3 is 2.18 bits per heavy atom. The minimum atomic E-state index is -1.08. The van der Waals surface area contributed by atoms with Gasteiger partial charge in [-0.2, -0.15) is 5.26 Å². The molecule has 0 radical (unpaired) electrons. The van der Waals surface area contributed by atoms with E-state index in [1.54, 1.807) is 30.6 Å². The zero-order valence-corrected chi connectivity index (χ0v) is 18.3. The Bertz CT molecular complexity index is 1320. The molecule has 168 valence electrons. The Balaban J connectivity index is 1.44. The van der Waals surface area contributed by atoms with Gasteiger partial charge >= 0.3 is 11.9 Å². The first-order valence-electron chi connectivity index (χ1n) is 10.7. The van der Waals surface area contributed by atoms with Gasteiger partial charge in [0, 0.05) is 18.1 Å². The molecule has 1 heterocycles. The number of carboxylic acid groups (broad SMARTS) is 1. The van der Waals surface area contributed by atoms with Gasteiger partial charge in [0.25, 0.3) is 0 Å². The third kappa shape index (κ3) is 5.40. The first-order chi connectivity index (χ1) is 16.5. The normalized spacial score (nSPS) is 11.4. The summed E-state index contributed by atoms with van der Waals surface area (Å²) >= 11 is 0. The molecule has 0 aliphatic carbocycles. The maximum atomic E-state index is 12.3. The minimum absolute atomic E-state index is 0.110. The molecule has 4 aromatic rings. The lowest BCUT2D eigenvalue weighted by Gasteiger charge is -2.11. The first kappa shape index (κ1) is 22.6. The average Bonchev–Trinajstić information content (AvgIpc) is 3.36. The molecule has 0 aliphatic rings. The van der Waals surface area contributed by atoms with Gasteiger partial charge in [-0.25, -0.2) is 0 Å². The second kappa shape index (κ2) is 10.3. The van der Waals surface area contributed by atoms with Gasteiger partial charge in [0.1, 0.15) is 6.61 Å². The summed E-state index contributed by atoms with van der Waals surface area (Å²) in [5, 5.41) is 18.6. The van der Waals surface area contributed by atoms with E-state index in [9.17, 15) is 14.7 Å². The van der Waals surface area contributed by atoms with Crippen LogP contribution in [0.2, 0.25) is 0 Å². The monoisotopic (exact) mass is 450 g/mol. The van der Waals surface area contributed by atoms with Crippen molar-refractivity contribution >= 4 is 11.9 Å². The van der Waals surface area contributed by atoms with Crippen molar-refractivity contribution in [2.24, 2.45) is 0 Å². The number of esters is 1. The fraction of sp³-hybridized carbons (Fsp3) is 0.107. The molecular formula is C28H22N2O4. The van der Waals surface area contributed by atoms with Gasteiger partial charge in [-0.05, 0) is 52.6 Å². The number of carbonyl (C=O) groups is 2. The van der Waals surface area contributed by atoms with Gasteiger partial charge in [0.15, 0.2) is 0 Å². The quantitative estimate of drug-likeness (QED) is 0.367. The Morgan fingerprint density at radius 2 is 1.56 bits per heavy atom. The van der Waals surface area contributed by atoms with Crippen molar-refractivity contribution in [2.45, 2.75) is 18.9 Å². The molecule has 6 nitrogen and oxygen atoms in total. The molecule has 0 saturated carbocycles. The van der Waals surface area contributed by atoms with Crippen LogP contribution in [0.15, 0.2) is 97.3 Å². The number of rotatable bonds is 8. The summed E-state index contributed by atoms with van der Waals surface area (Å²) in [6.45, 7) is 0.110. The van der Waals surface area contributed by atoms with Crippen molar-refractivity contribution in [1.29, 1.82) is 5.26 Å². The van der Waals surface area contributed by atoms with Gasteiger partial charge in [0.2, 0.25) is 0 Å². The van der Waals surface area contributed by atoms with Crippen LogP contribution in [0.4, 0.5) is 0 Å². The number of hydrogen-bond donors (Lipinski definition) is 1. The van der Waals surface area contributed by atoms with E-state index in [0.29, 0.717) is 11.1 Å². The molecular weight excluding hydrogens is 428 g/mol. The van der Waals surface area contributed by atoms with E-state index >= 15 is 0 Å². The van der Waals surface area contributed by atoms with Crippen molar-refractivity contribution in [3.8, 4) is 22.9 Å². The predicted molar refractivity (Wildman–Crippen MR) is 127 cm³/mol. The molecule has 3 aromatic carbocycles. The summed E-state index contributed by atoms with van der Waals surface area (Å²) in [4.78, 5) is 24.1. The standard InChI is InChI=1S/C28H22N2O4/c29-17-20-6-8-22(9-7-20)23-10-12-25(13-11-23)30-15-14-24(18-30)26(28(32)33)16-27(31)34-19-21-4-2-1-3-5-21/h1-15,18,26H,16,19H2,(H,32,33). The van der Waals surface area contributed by atoms with E-state index < -0.39 is 17.9 Å². The Kier molecular flexibility index (Phi) is 6.85. The fourth-order valence-electron chi connectivity index (χ4n) is 3.65. The molecule has 0 spiro atoms. The fourth-order valence-corrected chi connectivity index (χ4v) is 3.65. The van der Waals surface area contributed by atoms with Crippen LogP contribution < -0.4 is 0 Å². The van der Waals surface area contributed by atoms with Crippen LogP contribution in [0.3, 0.4) is 0 Å². The van der Waals surface area contributed by atoms with Gasteiger partial charge in [-0.3, -0.25) is 9.59 Å². The Labute approximate surface area is 197 Å². The molecule has 34 heavy (non-hydrogen) atoms. The van der Waals surface area contributed by atoms with Crippen LogP contribution >= 0.6 is 0 Å². The molecule has 4 rings (SSSR count). The summed E-state index contributed by atoms with van der Waals surface area (Å²) in [5.41, 5.74) is 4.85. The first-order valence-corrected chi connectivity index (χ1v) is 10.7. The maximum absolute atomic E-state index is 12.3. The summed E-state index contributed by atoms with van der Waals surface area (Å²) < 4.78 is 7.09. The van der Waals surface area contributed by atoms with Crippen LogP contribution in [0.25, 0.3) is 16.8 Å². The van der Waals surface area contributed by atoms with Crippen LogP contribution in [-0.2, 0) is 20.9 Å². The van der Waals surface area contributed by atoms with Crippen LogP contribution in [-0.4, -0.2) is 21.6 Å². The number of benzene rings is 3. The van der Waals surface area contributed by atoms with E-state index in [0.717, 1.165) is 22.4 Å². The summed E-state index contributed by atoms with van der Waals surface area (Å²) in [5.74, 6) is -2.64. The van der Waals surface area contributed by atoms with Crippen molar-refractivity contribution in [2.75, 3.05) is 0 Å². The van der Waals surface area contributed by atoms with Gasteiger partial charge in [-0.15, -0.1) is 0 Å². The molecule has 6 heteroatoms. The van der Waals surface area contributed by atoms with Crippen molar-refractivity contribution < 1.29 is 19.4 Å². The second-order valence-corrected chi connectivity index (χ2v) is 7.83. The van der Waals surface area contributed by atoms with Gasteiger partial charge in [0.05, 0.1) is 24.0 Å². The Morgan fingerprint density at radius 1 is 0.912 bits per heavy atom. The van der Waals surface area contributed by atoms with E-state index in [-0.39, 0.29) is 13.0 Å². The summed E-state index contributed by atoms with van der Waals surface area (Å²) in [6, 6.07) is 28.2. The third-order valence-corrected chi connectivity index (χ3v) is 5.54. The third-order valence-electron chi connectivity index (χ3n) is 5.54. The smallest absolute Gasteiger partial charge is 0.311 e.